The second kappa shape index (κ2) is 16.2. The van der Waals surface area contributed by atoms with E-state index in [1.807, 2.05) is 11.8 Å². The van der Waals surface area contributed by atoms with Crippen molar-refractivity contribution in [1.82, 2.24) is 0 Å². The van der Waals surface area contributed by atoms with Crippen LogP contribution in [-0.4, -0.2) is 23.5 Å². The Morgan fingerprint density at radius 3 is 2.11 bits per heavy atom. The van der Waals surface area contributed by atoms with Gasteiger partial charge in [-0.2, -0.15) is 11.8 Å². The Kier molecular flexibility index (Phi) is 16.3. The molecule has 112 valence electrons. The van der Waals surface area contributed by atoms with Crippen LogP contribution in [0.2, 0.25) is 0 Å². The topological polar surface area (TPSA) is 17.1 Å². The number of hydrogen-bond donors (Lipinski definition) is 0. The molecular weight excluding hydrogens is 272 g/mol. The zero-order chi connectivity index (χ0) is 14.2. The molecule has 0 aromatic heterocycles. The molecule has 0 saturated heterocycles. The summed E-state index contributed by atoms with van der Waals surface area (Å²) in [4.78, 5) is 11.9. The van der Waals surface area contributed by atoms with Crippen LogP contribution in [0.3, 0.4) is 0 Å². The van der Waals surface area contributed by atoms with Gasteiger partial charge in [-0.3, -0.25) is 4.79 Å². The summed E-state index contributed by atoms with van der Waals surface area (Å²) in [5.41, 5.74) is 0. The molecule has 0 N–H and O–H groups in total. The lowest BCUT2D eigenvalue weighted by Crippen LogP contribution is -1.87. The molecule has 0 aliphatic rings. The van der Waals surface area contributed by atoms with Gasteiger partial charge in [0.25, 0.3) is 0 Å². The van der Waals surface area contributed by atoms with Gasteiger partial charge in [0.1, 0.15) is 0 Å². The van der Waals surface area contributed by atoms with Crippen LogP contribution in [-0.2, 0) is 4.79 Å². The molecule has 0 unspecified atom stereocenters. The second-order valence-corrected chi connectivity index (χ2v) is 7.09. The Bertz CT molecular complexity index is 227. The van der Waals surface area contributed by atoms with Gasteiger partial charge in [0.15, 0.2) is 6.29 Å². The number of rotatable bonds is 14. The molecule has 0 spiro atoms. The normalized spacial score (nSPS) is 11.8. The van der Waals surface area contributed by atoms with E-state index in [4.69, 9.17) is 0 Å². The predicted molar refractivity (Wildman–Crippen MR) is 92.2 cm³/mol. The summed E-state index contributed by atoms with van der Waals surface area (Å²) >= 11 is 3.67. The van der Waals surface area contributed by atoms with E-state index in [0.29, 0.717) is 0 Å². The first-order valence-corrected chi connectivity index (χ1v) is 9.85. The maximum atomic E-state index is 10.9. The van der Waals surface area contributed by atoms with E-state index in [0.717, 1.165) is 22.7 Å². The zero-order valence-electron chi connectivity index (χ0n) is 12.7. The monoisotopic (exact) mass is 302 g/mol. The Morgan fingerprint density at radius 2 is 1.53 bits per heavy atom. The van der Waals surface area contributed by atoms with Crippen LogP contribution in [0.1, 0.15) is 65.2 Å². The van der Waals surface area contributed by atoms with E-state index in [2.05, 4.69) is 19.9 Å². The lowest BCUT2D eigenvalue weighted by Gasteiger charge is -2.01. The third-order valence-corrected chi connectivity index (χ3v) is 5.00. The fourth-order valence-electron chi connectivity index (χ4n) is 1.72. The number of hydrogen-bond acceptors (Lipinski definition) is 3. The van der Waals surface area contributed by atoms with Crippen molar-refractivity contribution in [2.45, 2.75) is 65.2 Å². The van der Waals surface area contributed by atoms with Crippen molar-refractivity contribution in [3.63, 3.8) is 0 Å². The highest BCUT2D eigenvalue weighted by molar-refractivity contribution is 8.04. The van der Waals surface area contributed by atoms with Crippen LogP contribution < -0.4 is 0 Å². The third-order valence-electron chi connectivity index (χ3n) is 2.93. The van der Waals surface area contributed by atoms with Crippen LogP contribution in [0.15, 0.2) is 11.0 Å². The van der Waals surface area contributed by atoms with Gasteiger partial charge < -0.3 is 0 Å². The number of unbranched alkanes of at least 4 members (excludes halogenated alkanes) is 6. The van der Waals surface area contributed by atoms with Gasteiger partial charge in [-0.15, -0.1) is 11.8 Å². The van der Waals surface area contributed by atoms with Gasteiger partial charge in [-0.1, -0.05) is 58.4 Å². The van der Waals surface area contributed by atoms with E-state index in [1.54, 1.807) is 11.8 Å². The minimum atomic E-state index is 0.928. The molecule has 0 aliphatic heterocycles. The average Bonchev–Trinajstić information content (AvgIpc) is 2.44. The van der Waals surface area contributed by atoms with E-state index in [1.165, 1.54) is 57.1 Å². The quantitative estimate of drug-likeness (QED) is 0.233. The van der Waals surface area contributed by atoms with Crippen LogP contribution in [0.4, 0.5) is 0 Å². The van der Waals surface area contributed by atoms with Crippen molar-refractivity contribution in [3.8, 4) is 0 Å². The highest BCUT2D eigenvalue weighted by Gasteiger charge is 1.97. The summed E-state index contributed by atoms with van der Waals surface area (Å²) in [5.74, 6) is 3.30. The van der Waals surface area contributed by atoms with Crippen LogP contribution in [0.25, 0.3) is 0 Å². The highest BCUT2D eigenvalue weighted by atomic mass is 32.2. The molecule has 0 fully saturated rings. The van der Waals surface area contributed by atoms with Crippen molar-refractivity contribution in [3.05, 3.63) is 11.0 Å². The highest BCUT2D eigenvalue weighted by Crippen LogP contribution is 2.17. The fourth-order valence-corrected chi connectivity index (χ4v) is 3.55. The van der Waals surface area contributed by atoms with Crippen molar-refractivity contribution in [1.29, 1.82) is 0 Å². The number of carbonyl (C=O) groups is 1. The van der Waals surface area contributed by atoms with E-state index < -0.39 is 0 Å². The molecule has 0 rings (SSSR count). The number of carbonyl (C=O) groups excluding carboxylic acids is 1. The minimum Gasteiger partial charge on any atom is -0.297 e. The Hall–Kier alpha value is 0.110. The summed E-state index contributed by atoms with van der Waals surface area (Å²) in [6.45, 7) is 4.46. The molecule has 0 aromatic carbocycles. The molecule has 0 saturated carbocycles. The Balaban J connectivity index is 3.49. The SMILES string of the molecule is CCCCCCSC/C=C(/C=O)SCCCCCC. The first-order chi connectivity index (χ1) is 9.35. The lowest BCUT2D eigenvalue weighted by molar-refractivity contribution is -0.104. The smallest absolute Gasteiger partial charge is 0.156 e. The zero-order valence-corrected chi connectivity index (χ0v) is 14.3. The molecule has 0 aliphatic carbocycles. The maximum absolute atomic E-state index is 10.9. The number of aldehydes is 1. The molecule has 0 bridgehead atoms. The van der Waals surface area contributed by atoms with Crippen LogP contribution in [0, 0.1) is 0 Å². The Morgan fingerprint density at radius 1 is 0.895 bits per heavy atom. The van der Waals surface area contributed by atoms with Crippen molar-refractivity contribution < 1.29 is 4.79 Å². The summed E-state index contributed by atoms with van der Waals surface area (Å²) in [6.07, 6.45) is 13.5. The van der Waals surface area contributed by atoms with Gasteiger partial charge in [0.05, 0.1) is 0 Å². The molecular formula is C16H30OS2. The molecule has 0 amide bonds. The summed E-state index contributed by atoms with van der Waals surface area (Å²) < 4.78 is 0. The molecule has 3 heteroatoms. The van der Waals surface area contributed by atoms with Crippen molar-refractivity contribution >= 4 is 29.8 Å². The second-order valence-electron chi connectivity index (χ2n) is 4.77. The van der Waals surface area contributed by atoms with Gasteiger partial charge >= 0.3 is 0 Å². The molecule has 0 atom stereocenters. The average molecular weight is 303 g/mol. The summed E-state index contributed by atoms with van der Waals surface area (Å²) in [7, 11) is 0. The fraction of sp³-hybridized carbons (Fsp3) is 0.812. The van der Waals surface area contributed by atoms with Gasteiger partial charge in [0.2, 0.25) is 0 Å². The van der Waals surface area contributed by atoms with E-state index in [-0.39, 0.29) is 0 Å². The van der Waals surface area contributed by atoms with Gasteiger partial charge in [-0.05, 0) is 24.3 Å². The van der Waals surface area contributed by atoms with Crippen LogP contribution in [0.5, 0.6) is 0 Å². The van der Waals surface area contributed by atoms with E-state index >= 15 is 0 Å². The van der Waals surface area contributed by atoms with Crippen molar-refractivity contribution in [2.24, 2.45) is 0 Å². The Labute approximate surface area is 128 Å². The number of thioether (sulfide) groups is 2. The molecule has 1 nitrogen and oxygen atoms in total. The molecule has 0 heterocycles. The predicted octanol–water partition coefficient (Wildman–Crippen LogP) is 5.70. The van der Waals surface area contributed by atoms with Crippen LogP contribution >= 0.6 is 23.5 Å². The number of allylic oxidation sites excluding steroid dienone is 1. The first-order valence-electron chi connectivity index (χ1n) is 7.71. The first kappa shape index (κ1) is 19.1. The standard InChI is InChI=1S/C16H30OS2/c1-3-5-7-9-12-18-14-11-16(15-17)19-13-10-8-6-4-2/h11,15H,3-10,12-14H2,1-2H3/b16-11-. The molecule has 19 heavy (non-hydrogen) atoms. The summed E-state index contributed by atoms with van der Waals surface area (Å²) in [6, 6.07) is 0. The maximum Gasteiger partial charge on any atom is 0.156 e. The molecule has 0 aromatic rings. The largest absolute Gasteiger partial charge is 0.297 e. The van der Waals surface area contributed by atoms with Gasteiger partial charge in [0, 0.05) is 10.7 Å². The van der Waals surface area contributed by atoms with Gasteiger partial charge in [-0.25, -0.2) is 0 Å². The summed E-state index contributed by atoms with van der Waals surface area (Å²) in [5, 5.41) is 0. The van der Waals surface area contributed by atoms with Crippen molar-refractivity contribution in [2.75, 3.05) is 17.3 Å². The minimum absolute atomic E-state index is 0.928. The lowest BCUT2D eigenvalue weighted by atomic mass is 10.2. The van der Waals surface area contributed by atoms with E-state index in [9.17, 15) is 4.79 Å². The third kappa shape index (κ3) is 14.3. The molecule has 0 radical (unpaired) electrons.